The highest BCUT2D eigenvalue weighted by Crippen LogP contribution is 2.31. The predicted octanol–water partition coefficient (Wildman–Crippen LogP) is 3.81. The van der Waals surface area contributed by atoms with Gasteiger partial charge in [-0.3, -0.25) is 0 Å². The van der Waals surface area contributed by atoms with Gasteiger partial charge in [-0.05, 0) is 25.6 Å². The summed E-state index contributed by atoms with van der Waals surface area (Å²) >= 11 is 6.74. The maximum atomic E-state index is 13.7. The van der Waals surface area contributed by atoms with E-state index in [1.165, 1.54) is 11.3 Å². The summed E-state index contributed by atoms with van der Waals surface area (Å²) in [7, 11) is 0. The lowest BCUT2D eigenvalue weighted by atomic mass is 10.2. The van der Waals surface area contributed by atoms with Crippen LogP contribution in [-0.2, 0) is 0 Å². The predicted molar refractivity (Wildman–Crippen MR) is 72.4 cm³/mol. The van der Waals surface area contributed by atoms with Gasteiger partial charge < -0.3 is 5.32 Å². The summed E-state index contributed by atoms with van der Waals surface area (Å²) in [6.07, 6.45) is 0. The van der Waals surface area contributed by atoms with Gasteiger partial charge in [-0.2, -0.15) is 0 Å². The molecule has 1 aromatic heterocycles. The zero-order chi connectivity index (χ0) is 14.0. The van der Waals surface area contributed by atoms with Gasteiger partial charge in [0.2, 0.25) is 0 Å². The molecule has 0 bridgehead atoms. The molecule has 1 N–H and O–H groups in total. The first kappa shape index (κ1) is 14.3. The SMILES string of the molecule is CCNC(C)c1nnc(-c2cc(F)c(Cl)cc2F)s1. The normalized spacial score (nSPS) is 12.7. The second kappa shape index (κ2) is 5.90. The third-order valence-corrected chi connectivity index (χ3v) is 3.99. The van der Waals surface area contributed by atoms with Crippen LogP contribution in [0, 0.1) is 11.6 Å². The van der Waals surface area contributed by atoms with Crippen LogP contribution in [-0.4, -0.2) is 16.7 Å². The number of nitrogens with one attached hydrogen (secondary N) is 1. The first-order valence-electron chi connectivity index (χ1n) is 5.74. The molecule has 0 saturated carbocycles. The lowest BCUT2D eigenvalue weighted by molar-refractivity contribution is 0.589. The number of aromatic nitrogens is 2. The van der Waals surface area contributed by atoms with Crippen LogP contribution < -0.4 is 5.32 Å². The summed E-state index contributed by atoms with van der Waals surface area (Å²) in [6.45, 7) is 4.71. The van der Waals surface area contributed by atoms with Crippen molar-refractivity contribution in [3.8, 4) is 10.6 Å². The molecule has 0 radical (unpaired) electrons. The molecule has 1 aromatic carbocycles. The Morgan fingerprint density at radius 1 is 1.32 bits per heavy atom. The Hall–Kier alpha value is -1.11. The molecule has 102 valence electrons. The fourth-order valence-corrected chi connectivity index (χ4v) is 2.64. The molecule has 0 aliphatic rings. The molecule has 1 atom stereocenters. The standard InChI is InChI=1S/C12H12ClF2N3S/c1-3-16-6(2)11-17-18-12(19-11)7-4-10(15)8(13)5-9(7)14/h4-6,16H,3H2,1-2H3. The third kappa shape index (κ3) is 3.08. The number of rotatable bonds is 4. The lowest BCUT2D eigenvalue weighted by Gasteiger charge is -2.06. The molecule has 7 heteroatoms. The van der Waals surface area contributed by atoms with Crippen molar-refractivity contribution in [2.75, 3.05) is 6.54 Å². The number of hydrogen-bond donors (Lipinski definition) is 1. The molecule has 0 aliphatic carbocycles. The van der Waals surface area contributed by atoms with Crippen molar-refractivity contribution < 1.29 is 8.78 Å². The first-order valence-corrected chi connectivity index (χ1v) is 6.94. The van der Waals surface area contributed by atoms with E-state index in [0.717, 1.165) is 23.7 Å². The van der Waals surface area contributed by atoms with Gasteiger partial charge in [0, 0.05) is 0 Å². The van der Waals surface area contributed by atoms with E-state index in [1.807, 2.05) is 13.8 Å². The van der Waals surface area contributed by atoms with Crippen LogP contribution in [0.1, 0.15) is 24.9 Å². The van der Waals surface area contributed by atoms with Crippen molar-refractivity contribution in [3.63, 3.8) is 0 Å². The Labute approximate surface area is 118 Å². The topological polar surface area (TPSA) is 37.8 Å². The number of benzene rings is 1. The number of hydrogen-bond acceptors (Lipinski definition) is 4. The molecule has 19 heavy (non-hydrogen) atoms. The van der Waals surface area contributed by atoms with Crippen LogP contribution in [0.5, 0.6) is 0 Å². The maximum absolute atomic E-state index is 13.7. The van der Waals surface area contributed by atoms with Crippen molar-refractivity contribution in [1.29, 1.82) is 0 Å². The van der Waals surface area contributed by atoms with Crippen molar-refractivity contribution in [2.24, 2.45) is 0 Å². The summed E-state index contributed by atoms with van der Waals surface area (Å²) in [5, 5.41) is 11.9. The molecule has 0 amide bonds. The van der Waals surface area contributed by atoms with Crippen molar-refractivity contribution >= 4 is 22.9 Å². The maximum Gasteiger partial charge on any atom is 0.150 e. The minimum atomic E-state index is -0.672. The van der Waals surface area contributed by atoms with Crippen molar-refractivity contribution in [1.82, 2.24) is 15.5 Å². The Bertz CT molecular complexity index is 588. The number of nitrogens with zero attached hydrogens (tertiary/aromatic N) is 2. The molecule has 1 heterocycles. The molecule has 1 unspecified atom stereocenters. The minimum absolute atomic E-state index is 0.0245. The molecule has 2 rings (SSSR count). The van der Waals surface area contributed by atoms with Crippen molar-refractivity contribution in [3.05, 3.63) is 33.8 Å². The molecule has 2 aromatic rings. The van der Waals surface area contributed by atoms with Gasteiger partial charge in [0.25, 0.3) is 0 Å². The Morgan fingerprint density at radius 2 is 2.05 bits per heavy atom. The van der Waals surface area contributed by atoms with Gasteiger partial charge in [0.1, 0.15) is 16.6 Å². The van der Waals surface area contributed by atoms with Gasteiger partial charge >= 0.3 is 0 Å². The van der Waals surface area contributed by atoms with E-state index in [4.69, 9.17) is 11.6 Å². The summed E-state index contributed by atoms with van der Waals surface area (Å²) in [5.74, 6) is -1.28. The fourth-order valence-electron chi connectivity index (χ4n) is 1.60. The van der Waals surface area contributed by atoms with Gasteiger partial charge in [-0.25, -0.2) is 8.78 Å². The highest BCUT2D eigenvalue weighted by Gasteiger charge is 2.16. The molecule has 0 spiro atoms. The van der Waals surface area contributed by atoms with Crippen LogP contribution in [0.2, 0.25) is 5.02 Å². The summed E-state index contributed by atoms with van der Waals surface area (Å²) in [4.78, 5) is 0. The summed E-state index contributed by atoms with van der Waals surface area (Å²) in [6, 6.07) is 2.01. The smallest absolute Gasteiger partial charge is 0.150 e. The molecule has 0 fully saturated rings. The molecule has 3 nitrogen and oxygen atoms in total. The van der Waals surface area contributed by atoms with Gasteiger partial charge in [-0.15, -0.1) is 10.2 Å². The largest absolute Gasteiger partial charge is 0.308 e. The van der Waals surface area contributed by atoms with E-state index in [0.29, 0.717) is 5.01 Å². The van der Waals surface area contributed by atoms with Crippen molar-refractivity contribution in [2.45, 2.75) is 19.9 Å². The third-order valence-electron chi connectivity index (χ3n) is 2.56. The highest BCUT2D eigenvalue weighted by molar-refractivity contribution is 7.14. The van der Waals surface area contributed by atoms with E-state index in [-0.39, 0.29) is 16.6 Å². The monoisotopic (exact) mass is 303 g/mol. The first-order chi connectivity index (χ1) is 9.02. The molecular formula is C12H12ClF2N3S. The van der Waals surface area contributed by atoms with Crippen LogP contribution >= 0.6 is 22.9 Å². The Kier molecular flexibility index (Phi) is 4.44. The van der Waals surface area contributed by atoms with Gasteiger partial charge in [0.15, 0.2) is 5.01 Å². The van der Waals surface area contributed by atoms with E-state index in [9.17, 15) is 8.78 Å². The van der Waals surface area contributed by atoms with Crippen LogP contribution in [0.25, 0.3) is 10.6 Å². The summed E-state index contributed by atoms with van der Waals surface area (Å²) < 4.78 is 27.1. The lowest BCUT2D eigenvalue weighted by Crippen LogP contribution is -2.17. The zero-order valence-electron chi connectivity index (χ0n) is 10.4. The van der Waals surface area contributed by atoms with E-state index in [1.54, 1.807) is 0 Å². The van der Waals surface area contributed by atoms with Crippen LogP contribution in [0.4, 0.5) is 8.78 Å². The van der Waals surface area contributed by atoms with Gasteiger partial charge in [0.05, 0.1) is 16.6 Å². The van der Waals surface area contributed by atoms with E-state index < -0.39 is 11.6 Å². The second-order valence-corrected chi connectivity index (χ2v) is 5.39. The molecular weight excluding hydrogens is 292 g/mol. The number of halogens is 3. The summed E-state index contributed by atoms with van der Waals surface area (Å²) in [5.41, 5.74) is 0.0781. The Morgan fingerprint density at radius 3 is 2.74 bits per heavy atom. The average Bonchev–Trinajstić information content (AvgIpc) is 2.83. The van der Waals surface area contributed by atoms with Crippen LogP contribution in [0.15, 0.2) is 12.1 Å². The molecule has 0 aliphatic heterocycles. The van der Waals surface area contributed by atoms with E-state index >= 15 is 0 Å². The quantitative estimate of drug-likeness (QED) is 0.873. The zero-order valence-corrected chi connectivity index (χ0v) is 11.9. The van der Waals surface area contributed by atoms with Crippen LogP contribution in [0.3, 0.4) is 0 Å². The Balaban J connectivity index is 2.35. The molecule has 0 saturated heterocycles. The second-order valence-electron chi connectivity index (χ2n) is 3.97. The van der Waals surface area contributed by atoms with E-state index in [2.05, 4.69) is 15.5 Å². The highest BCUT2D eigenvalue weighted by atomic mass is 35.5. The fraction of sp³-hybridized carbons (Fsp3) is 0.333. The van der Waals surface area contributed by atoms with Gasteiger partial charge in [-0.1, -0.05) is 29.9 Å². The minimum Gasteiger partial charge on any atom is -0.308 e. The average molecular weight is 304 g/mol.